The smallest absolute Gasteiger partial charge is 0.144 e. The van der Waals surface area contributed by atoms with Crippen molar-refractivity contribution in [1.29, 1.82) is 0 Å². The summed E-state index contributed by atoms with van der Waals surface area (Å²) in [4.78, 5) is 17.0. The standard InChI is InChI=1S/C16H19NO/c1-2-6-12-9-13-10-14(18)15(12)16(17-13)11-7-4-3-5-8-11/h3-5,7-8,12-13,15H,2,6,9-10H2,1H3/t12-,13-,15+/m0/s1. The fourth-order valence-electron chi connectivity index (χ4n) is 3.46. The van der Waals surface area contributed by atoms with E-state index < -0.39 is 0 Å². The van der Waals surface area contributed by atoms with Crippen molar-refractivity contribution in [2.75, 3.05) is 0 Å². The van der Waals surface area contributed by atoms with Crippen molar-refractivity contribution in [3.05, 3.63) is 35.9 Å². The molecule has 2 nitrogen and oxygen atoms in total. The normalized spacial score (nSPS) is 30.4. The SMILES string of the molecule is CCC[C@H]1C[C@H]2CC(=O)[C@@H]1C(c1ccccc1)=N2. The number of aliphatic imine (C=N–C) groups is 1. The highest BCUT2D eigenvalue weighted by molar-refractivity contribution is 6.15. The third-order valence-corrected chi connectivity index (χ3v) is 4.18. The molecule has 2 heteroatoms. The average molecular weight is 241 g/mol. The first-order chi connectivity index (χ1) is 8.79. The summed E-state index contributed by atoms with van der Waals surface area (Å²) in [5, 5.41) is 0. The number of hydrogen-bond acceptors (Lipinski definition) is 2. The van der Waals surface area contributed by atoms with Gasteiger partial charge in [-0.1, -0.05) is 43.7 Å². The minimum Gasteiger partial charge on any atom is -0.299 e. The number of rotatable bonds is 3. The molecule has 4 rings (SSSR count). The van der Waals surface area contributed by atoms with E-state index in [4.69, 9.17) is 4.99 Å². The van der Waals surface area contributed by atoms with Crippen LogP contribution < -0.4 is 0 Å². The van der Waals surface area contributed by atoms with Crippen LogP contribution in [0.2, 0.25) is 0 Å². The van der Waals surface area contributed by atoms with Crippen LogP contribution in [0.25, 0.3) is 0 Å². The van der Waals surface area contributed by atoms with E-state index in [2.05, 4.69) is 19.1 Å². The largest absolute Gasteiger partial charge is 0.299 e. The Kier molecular flexibility index (Phi) is 3.02. The van der Waals surface area contributed by atoms with E-state index in [0.717, 1.165) is 30.5 Å². The highest BCUT2D eigenvalue weighted by Crippen LogP contribution is 2.39. The number of fused-ring (bicyclic) bond motifs is 2. The monoisotopic (exact) mass is 241 g/mol. The molecule has 94 valence electrons. The van der Waals surface area contributed by atoms with Gasteiger partial charge in [0.15, 0.2) is 0 Å². The van der Waals surface area contributed by atoms with Crippen molar-refractivity contribution >= 4 is 11.5 Å². The predicted molar refractivity (Wildman–Crippen MR) is 72.9 cm³/mol. The molecule has 18 heavy (non-hydrogen) atoms. The summed E-state index contributed by atoms with van der Waals surface area (Å²) in [7, 11) is 0. The molecule has 0 radical (unpaired) electrons. The van der Waals surface area contributed by atoms with Crippen LogP contribution in [-0.4, -0.2) is 17.5 Å². The molecule has 2 heterocycles. The molecule has 1 aromatic carbocycles. The number of ketones is 1. The van der Waals surface area contributed by atoms with Gasteiger partial charge in [0.05, 0.1) is 17.7 Å². The van der Waals surface area contributed by atoms with Crippen molar-refractivity contribution < 1.29 is 4.79 Å². The summed E-state index contributed by atoms with van der Waals surface area (Å²) in [6.45, 7) is 2.20. The van der Waals surface area contributed by atoms with Gasteiger partial charge in [-0.2, -0.15) is 0 Å². The summed E-state index contributed by atoms with van der Waals surface area (Å²) in [5.41, 5.74) is 2.20. The van der Waals surface area contributed by atoms with E-state index in [1.165, 1.54) is 0 Å². The summed E-state index contributed by atoms with van der Waals surface area (Å²) >= 11 is 0. The third-order valence-electron chi connectivity index (χ3n) is 4.18. The summed E-state index contributed by atoms with van der Waals surface area (Å²) < 4.78 is 0. The number of Topliss-reactive ketones (excluding diaryl/α,β-unsaturated/α-hetero) is 1. The van der Waals surface area contributed by atoms with Crippen LogP contribution in [0.15, 0.2) is 35.3 Å². The molecule has 1 saturated carbocycles. The molecule has 3 atom stereocenters. The van der Waals surface area contributed by atoms with Gasteiger partial charge in [-0.3, -0.25) is 9.79 Å². The minimum atomic E-state index is 0.0670. The Morgan fingerprint density at radius 3 is 2.72 bits per heavy atom. The molecule has 2 aliphatic heterocycles. The van der Waals surface area contributed by atoms with Gasteiger partial charge in [0.2, 0.25) is 0 Å². The van der Waals surface area contributed by atoms with E-state index in [9.17, 15) is 4.79 Å². The van der Waals surface area contributed by atoms with E-state index >= 15 is 0 Å². The number of carbonyl (C=O) groups excluding carboxylic acids is 1. The van der Waals surface area contributed by atoms with E-state index in [1.54, 1.807) is 0 Å². The zero-order valence-corrected chi connectivity index (χ0v) is 10.8. The van der Waals surface area contributed by atoms with Crippen LogP contribution >= 0.6 is 0 Å². The average Bonchev–Trinajstić information content (AvgIpc) is 2.39. The van der Waals surface area contributed by atoms with Crippen LogP contribution in [-0.2, 0) is 4.79 Å². The zero-order valence-electron chi connectivity index (χ0n) is 10.8. The molecule has 0 aromatic heterocycles. The molecular weight excluding hydrogens is 222 g/mol. The zero-order chi connectivity index (χ0) is 12.5. The van der Waals surface area contributed by atoms with Crippen LogP contribution in [0, 0.1) is 11.8 Å². The van der Waals surface area contributed by atoms with Gasteiger partial charge < -0.3 is 0 Å². The molecule has 1 aromatic rings. The van der Waals surface area contributed by atoms with E-state index in [0.29, 0.717) is 18.1 Å². The van der Waals surface area contributed by atoms with Gasteiger partial charge in [-0.15, -0.1) is 0 Å². The molecule has 0 amide bonds. The van der Waals surface area contributed by atoms with Crippen LogP contribution in [0.1, 0.15) is 38.2 Å². The molecule has 0 spiro atoms. The number of nitrogens with zero attached hydrogens (tertiary/aromatic N) is 1. The van der Waals surface area contributed by atoms with Crippen LogP contribution in [0.5, 0.6) is 0 Å². The quantitative estimate of drug-likeness (QED) is 0.798. The van der Waals surface area contributed by atoms with Crippen molar-refractivity contribution in [1.82, 2.24) is 0 Å². The molecule has 3 aliphatic rings. The molecule has 1 aliphatic carbocycles. The molecule has 2 bridgehead atoms. The first-order valence-corrected chi connectivity index (χ1v) is 6.95. The number of carbonyl (C=O) groups is 1. The Morgan fingerprint density at radius 2 is 2.06 bits per heavy atom. The highest BCUT2D eigenvalue weighted by Gasteiger charge is 2.43. The molecule has 0 N–H and O–H groups in total. The first kappa shape index (κ1) is 11.6. The van der Waals surface area contributed by atoms with Crippen LogP contribution in [0.3, 0.4) is 0 Å². The summed E-state index contributed by atoms with van der Waals surface area (Å²) in [6.07, 6.45) is 4.09. The molecule has 0 saturated heterocycles. The van der Waals surface area contributed by atoms with Crippen molar-refractivity contribution in [3.8, 4) is 0 Å². The maximum atomic E-state index is 12.2. The third kappa shape index (κ3) is 1.90. The second-order valence-electron chi connectivity index (χ2n) is 5.47. The van der Waals surface area contributed by atoms with Gasteiger partial charge in [0, 0.05) is 6.42 Å². The molecule has 1 fully saturated rings. The van der Waals surface area contributed by atoms with Gasteiger partial charge in [0.25, 0.3) is 0 Å². The second kappa shape index (κ2) is 4.68. The Balaban J connectivity index is 1.97. The fraction of sp³-hybridized carbons (Fsp3) is 0.500. The Labute approximate surface area is 108 Å². The lowest BCUT2D eigenvalue weighted by Gasteiger charge is -2.40. The fourth-order valence-corrected chi connectivity index (χ4v) is 3.46. The Morgan fingerprint density at radius 1 is 1.28 bits per heavy atom. The van der Waals surface area contributed by atoms with Gasteiger partial charge in [-0.25, -0.2) is 0 Å². The van der Waals surface area contributed by atoms with Crippen molar-refractivity contribution in [3.63, 3.8) is 0 Å². The predicted octanol–water partition coefficient (Wildman–Crippen LogP) is 3.25. The lowest BCUT2D eigenvalue weighted by atomic mass is 9.68. The van der Waals surface area contributed by atoms with Gasteiger partial charge >= 0.3 is 0 Å². The number of benzene rings is 1. The number of hydrogen-bond donors (Lipinski definition) is 0. The van der Waals surface area contributed by atoms with Crippen molar-refractivity contribution in [2.45, 2.75) is 38.6 Å². The summed E-state index contributed by atoms with van der Waals surface area (Å²) in [5.74, 6) is 1.00. The molecular formula is C16H19NO. The second-order valence-corrected chi connectivity index (χ2v) is 5.47. The van der Waals surface area contributed by atoms with Gasteiger partial charge in [-0.05, 0) is 24.3 Å². The minimum absolute atomic E-state index is 0.0670. The lowest BCUT2D eigenvalue weighted by Crippen LogP contribution is -2.45. The lowest BCUT2D eigenvalue weighted by molar-refractivity contribution is -0.125. The maximum absolute atomic E-state index is 12.2. The Hall–Kier alpha value is -1.44. The van der Waals surface area contributed by atoms with Crippen LogP contribution in [0.4, 0.5) is 0 Å². The topological polar surface area (TPSA) is 29.4 Å². The van der Waals surface area contributed by atoms with Gasteiger partial charge in [0.1, 0.15) is 5.78 Å². The highest BCUT2D eigenvalue weighted by atomic mass is 16.1. The van der Waals surface area contributed by atoms with Crippen molar-refractivity contribution in [2.24, 2.45) is 16.8 Å². The maximum Gasteiger partial charge on any atom is 0.144 e. The van der Waals surface area contributed by atoms with E-state index in [-0.39, 0.29) is 12.0 Å². The van der Waals surface area contributed by atoms with E-state index in [1.807, 2.05) is 18.2 Å². The Bertz CT molecular complexity index is 477. The summed E-state index contributed by atoms with van der Waals surface area (Å²) in [6, 6.07) is 10.5. The molecule has 0 unspecified atom stereocenters. The first-order valence-electron chi connectivity index (χ1n) is 6.95.